The largest absolute Gasteiger partial charge is 0.493 e. The topological polar surface area (TPSA) is 207 Å². The minimum atomic E-state index is -1.33. The van der Waals surface area contributed by atoms with Gasteiger partial charge in [0.15, 0.2) is 0 Å². The third kappa shape index (κ3) is 11.7. The molecule has 0 fully saturated rings. The predicted molar refractivity (Wildman–Crippen MR) is 221 cm³/mol. The first-order valence-electron chi connectivity index (χ1n) is 18.9. The van der Waals surface area contributed by atoms with Gasteiger partial charge >= 0.3 is 23.9 Å². The van der Waals surface area contributed by atoms with Crippen molar-refractivity contribution in [1.82, 2.24) is 5.48 Å². The number of ether oxygens (including phenoxy) is 4. The highest BCUT2D eigenvalue weighted by Gasteiger charge is 2.24. The average Bonchev–Trinajstić information content (AvgIpc) is 3.28. The van der Waals surface area contributed by atoms with Gasteiger partial charge in [-0.25, -0.2) is 19.2 Å². The molecule has 1 amide bonds. The Morgan fingerprint density at radius 2 is 1.03 bits per heavy atom. The van der Waals surface area contributed by atoms with Crippen LogP contribution in [0, 0.1) is 0 Å². The van der Waals surface area contributed by atoms with E-state index in [1.165, 1.54) is 36.4 Å². The fourth-order valence-corrected chi connectivity index (χ4v) is 6.13. The average molecular weight is 825 g/mol. The molecule has 0 aliphatic heterocycles. The fraction of sp³-hybridized carbons (Fsp3) is 0.128. The molecule has 14 heteroatoms. The van der Waals surface area contributed by atoms with Gasteiger partial charge in [-0.3, -0.25) is 4.79 Å². The van der Waals surface area contributed by atoms with Crippen molar-refractivity contribution in [2.24, 2.45) is 0 Å². The van der Waals surface area contributed by atoms with Crippen LogP contribution in [-0.4, -0.2) is 58.4 Å². The van der Waals surface area contributed by atoms with E-state index < -0.39 is 35.8 Å². The molecule has 6 aromatic carbocycles. The highest BCUT2D eigenvalue weighted by molar-refractivity contribution is 6.12. The number of carboxylic acid groups (broad SMARTS) is 2. The van der Waals surface area contributed by atoms with Gasteiger partial charge in [0.25, 0.3) is 5.91 Å². The molecule has 5 N–H and O–H groups in total. The van der Waals surface area contributed by atoms with Gasteiger partial charge in [0, 0.05) is 12.1 Å². The molecule has 0 aliphatic rings. The number of hydroxylamine groups is 1. The van der Waals surface area contributed by atoms with Crippen molar-refractivity contribution in [2.75, 3.05) is 18.5 Å². The molecule has 0 aliphatic carbocycles. The number of rotatable bonds is 19. The third-order valence-corrected chi connectivity index (χ3v) is 9.27. The van der Waals surface area contributed by atoms with Crippen LogP contribution >= 0.6 is 0 Å². The summed E-state index contributed by atoms with van der Waals surface area (Å²) in [7, 11) is 0. The zero-order chi connectivity index (χ0) is 43.1. The first-order chi connectivity index (χ1) is 29.6. The van der Waals surface area contributed by atoms with Crippen molar-refractivity contribution in [3.63, 3.8) is 0 Å². The van der Waals surface area contributed by atoms with Crippen LogP contribution in [0.25, 0.3) is 0 Å². The first kappa shape index (κ1) is 42.8. The monoisotopic (exact) mass is 824 g/mol. The molecule has 0 radical (unpaired) electrons. The Bertz CT molecular complexity index is 2480. The molecule has 0 heterocycles. The number of nitrogens with one attached hydrogen (secondary N) is 2. The molecule has 6 rings (SSSR count). The molecule has 0 spiro atoms. The number of hydrogen-bond donors (Lipinski definition) is 5. The summed E-state index contributed by atoms with van der Waals surface area (Å²) in [5.74, 6) is -3.63. The Kier molecular flexibility index (Phi) is 14.6. The molecule has 310 valence electrons. The number of esters is 2. The van der Waals surface area contributed by atoms with Crippen molar-refractivity contribution in [3.05, 3.63) is 196 Å². The van der Waals surface area contributed by atoms with Crippen LogP contribution in [0.15, 0.2) is 146 Å². The van der Waals surface area contributed by atoms with E-state index in [2.05, 4.69) is 10.8 Å². The van der Waals surface area contributed by atoms with Crippen molar-refractivity contribution in [2.45, 2.75) is 25.7 Å². The van der Waals surface area contributed by atoms with E-state index in [4.69, 9.17) is 18.9 Å². The quantitative estimate of drug-likeness (QED) is 0.0299. The third-order valence-electron chi connectivity index (χ3n) is 9.27. The molecule has 1 atom stereocenters. The van der Waals surface area contributed by atoms with E-state index in [1.807, 2.05) is 48.5 Å². The lowest BCUT2D eigenvalue weighted by atomic mass is 9.93. The molecular formula is C47H40N2O12. The number of benzene rings is 6. The van der Waals surface area contributed by atoms with E-state index in [9.17, 15) is 39.4 Å². The van der Waals surface area contributed by atoms with Gasteiger partial charge in [-0.05, 0) is 95.1 Å². The highest BCUT2D eigenvalue weighted by Crippen LogP contribution is 2.28. The van der Waals surface area contributed by atoms with Crippen LogP contribution in [0.3, 0.4) is 0 Å². The zero-order valence-corrected chi connectivity index (χ0v) is 32.5. The number of carbonyl (C=O) groups is 5. The van der Waals surface area contributed by atoms with Crippen LogP contribution in [0.4, 0.5) is 5.69 Å². The Labute approximate surface area is 349 Å². The summed E-state index contributed by atoms with van der Waals surface area (Å²) in [5, 5.41) is 32.3. The van der Waals surface area contributed by atoms with E-state index in [-0.39, 0.29) is 59.8 Å². The normalized spacial score (nSPS) is 11.2. The van der Waals surface area contributed by atoms with Crippen molar-refractivity contribution in [3.8, 4) is 11.5 Å². The Balaban J connectivity index is 0.983. The number of carbonyl (C=O) groups excluding carboxylic acids is 3. The maximum absolute atomic E-state index is 13.2. The number of amides is 1. The Morgan fingerprint density at radius 3 is 1.54 bits per heavy atom. The minimum absolute atomic E-state index is 0.0116. The molecule has 0 aromatic heterocycles. The van der Waals surface area contributed by atoms with Gasteiger partial charge in [-0.15, -0.1) is 0 Å². The summed E-state index contributed by atoms with van der Waals surface area (Å²) in [6, 6.07) is 38.0. The smallest absolute Gasteiger partial charge is 0.338 e. The lowest BCUT2D eigenvalue weighted by molar-refractivity contribution is 0.0463. The first-order valence-corrected chi connectivity index (χ1v) is 18.9. The summed E-state index contributed by atoms with van der Waals surface area (Å²) in [6.07, 6.45) is 0.498. The second kappa shape index (κ2) is 20.7. The maximum Gasteiger partial charge on any atom is 0.338 e. The van der Waals surface area contributed by atoms with E-state index in [1.54, 1.807) is 60.7 Å². The molecule has 0 saturated carbocycles. The highest BCUT2D eigenvalue weighted by atomic mass is 16.5. The van der Waals surface area contributed by atoms with Crippen molar-refractivity contribution >= 4 is 35.5 Å². The number of aromatic carboxylic acids is 2. The lowest BCUT2D eigenvalue weighted by Gasteiger charge is -2.19. The maximum atomic E-state index is 13.2. The van der Waals surface area contributed by atoms with Gasteiger partial charge in [-0.1, -0.05) is 72.8 Å². The summed E-state index contributed by atoms with van der Waals surface area (Å²) < 4.78 is 22.4. The van der Waals surface area contributed by atoms with E-state index in [0.29, 0.717) is 29.2 Å². The second-order valence-corrected chi connectivity index (χ2v) is 13.5. The van der Waals surface area contributed by atoms with Gasteiger partial charge in [0.2, 0.25) is 0 Å². The summed E-state index contributed by atoms with van der Waals surface area (Å²) in [5.41, 5.74) is 4.29. The number of anilines is 1. The molecule has 1 unspecified atom stereocenters. The van der Waals surface area contributed by atoms with Crippen molar-refractivity contribution < 1.29 is 58.3 Å². The van der Waals surface area contributed by atoms with Gasteiger partial charge in [0.1, 0.15) is 24.7 Å². The molecule has 61 heavy (non-hydrogen) atoms. The van der Waals surface area contributed by atoms with Crippen LogP contribution in [0.1, 0.15) is 86.5 Å². The Hall–Kier alpha value is -7.81. The zero-order valence-electron chi connectivity index (χ0n) is 32.5. The molecule has 14 nitrogen and oxygen atoms in total. The predicted octanol–water partition coefficient (Wildman–Crippen LogP) is 7.97. The number of hydrogen-bond acceptors (Lipinski definition) is 11. The molecule has 0 bridgehead atoms. The van der Waals surface area contributed by atoms with Gasteiger partial charge in [-0.2, -0.15) is 5.48 Å². The molecule has 0 saturated heterocycles. The van der Waals surface area contributed by atoms with Gasteiger partial charge in [0.05, 0.1) is 47.1 Å². The SMILES string of the molecule is O=C(OCc1ccccc1)c1ccc(C(=O)O)c(C(=O)Nc2ccc(OCCCOc3ccc(C(NO)c4cc(C(=O)OCc5ccccc5)ccc4C(=O)O)cc3)cc2)c1. The Morgan fingerprint density at radius 1 is 0.541 bits per heavy atom. The second-order valence-electron chi connectivity index (χ2n) is 13.5. The number of carboxylic acids is 2. The van der Waals surface area contributed by atoms with Crippen LogP contribution in [-0.2, 0) is 22.7 Å². The summed E-state index contributed by atoms with van der Waals surface area (Å²) >= 11 is 0. The van der Waals surface area contributed by atoms with Crippen LogP contribution in [0.5, 0.6) is 11.5 Å². The van der Waals surface area contributed by atoms with E-state index in [0.717, 1.165) is 11.1 Å². The standard InChI is InChI=1S/C47H40N2O12/c50-43(41-27-34(15-23-39(41)45(53)54)47(56)61-29-31-10-5-2-6-11-31)48-35-16-20-37(21-17-35)59-25-7-24-58-36-18-12-32(13-19-36)42(49-57)40-26-33(14-22-38(40)44(51)52)46(55)60-28-30-8-3-1-4-9-30/h1-6,8-23,26-27,42,49,57H,7,24-25,28-29H2,(H,48,50)(H,51,52)(H,53,54). The van der Waals surface area contributed by atoms with Crippen LogP contribution < -0.4 is 20.3 Å². The summed E-state index contributed by atoms with van der Waals surface area (Å²) in [6.45, 7) is 0.625. The van der Waals surface area contributed by atoms with E-state index >= 15 is 0 Å². The molecular weight excluding hydrogens is 785 g/mol. The van der Waals surface area contributed by atoms with Gasteiger partial charge < -0.3 is 39.7 Å². The van der Waals surface area contributed by atoms with Crippen LogP contribution in [0.2, 0.25) is 0 Å². The van der Waals surface area contributed by atoms with Crippen molar-refractivity contribution in [1.29, 1.82) is 0 Å². The lowest BCUT2D eigenvalue weighted by Crippen LogP contribution is -2.22. The fourth-order valence-electron chi connectivity index (χ4n) is 6.13. The molecule has 6 aromatic rings. The minimum Gasteiger partial charge on any atom is -0.493 e. The summed E-state index contributed by atoms with van der Waals surface area (Å²) in [4.78, 5) is 62.7.